The molecule has 0 saturated carbocycles. The van der Waals surface area contributed by atoms with Crippen molar-refractivity contribution in [1.29, 1.82) is 0 Å². The van der Waals surface area contributed by atoms with Crippen LogP contribution in [0.1, 0.15) is 34.7 Å². The summed E-state index contributed by atoms with van der Waals surface area (Å²) in [6.45, 7) is 8.02. The Hall–Kier alpha value is -1.67. The van der Waals surface area contributed by atoms with E-state index in [0.717, 1.165) is 16.7 Å². The molecule has 1 nitrogen and oxygen atoms in total. The first-order valence-electron chi connectivity index (χ1n) is 6.45. The Morgan fingerprint density at radius 1 is 0.895 bits per heavy atom. The van der Waals surface area contributed by atoms with Crippen molar-refractivity contribution >= 4 is 0 Å². The summed E-state index contributed by atoms with van der Waals surface area (Å²) < 4.78 is 13.5. The van der Waals surface area contributed by atoms with Crippen molar-refractivity contribution in [3.05, 3.63) is 70.0 Å². The molecule has 0 heterocycles. The van der Waals surface area contributed by atoms with Crippen LogP contribution in [0.15, 0.2) is 36.4 Å². The third-order valence-electron chi connectivity index (χ3n) is 3.87. The van der Waals surface area contributed by atoms with Crippen LogP contribution in [0, 0.1) is 26.6 Å². The molecule has 0 aliphatic heterocycles. The molecule has 0 fully saturated rings. The van der Waals surface area contributed by atoms with Crippen LogP contribution in [0.25, 0.3) is 0 Å². The summed E-state index contributed by atoms with van der Waals surface area (Å²) in [6.07, 6.45) is 0. The number of hydrogen-bond acceptors (Lipinski definition) is 1. The normalized spacial score (nSPS) is 14.2. The van der Waals surface area contributed by atoms with E-state index in [2.05, 4.69) is 26.0 Å². The largest absolute Gasteiger partial charge is 0.318 e. The topological polar surface area (TPSA) is 26.0 Å². The van der Waals surface area contributed by atoms with E-state index in [-0.39, 0.29) is 5.82 Å². The number of aryl methyl sites for hydroxylation is 3. The second-order valence-electron chi connectivity index (χ2n) is 5.46. The average Bonchev–Trinajstić information content (AvgIpc) is 2.35. The number of benzene rings is 2. The lowest BCUT2D eigenvalue weighted by molar-refractivity contribution is 0.577. The highest BCUT2D eigenvalue weighted by molar-refractivity contribution is 5.44. The van der Waals surface area contributed by atoms with Gasteiger partial charge in [-0.25, -0.2) is 4.39 Å². The fraction of sp³-hybridized carbons (Fsp3) is 0.294. The zero-order valence-electron chi connectivity index (χ0n) is 11.9. The molecule has 2 aromatic rings. The molecule has 1 unspecified atom stereocenters. The lowest BCUT2D eigenvalue weighted by atomic mass is 9.82. The third kappa shape index (κ3) is 2.54. The number of halogens is 1. The number of nitrogens with two attached hydrogens (primary N) is 1. The van der Waals surface area contributed by atoms with Crippen LogP contribution in [0.3, 0.4) is 0 Å². The van der Waals surface area contributed by atoms with Gasteiger partial charge in [-0.1, -0.05) is 24.3 Å². The Labute approximate surface area is 114 Å². The minimum absolute atomic E-state index is 0.249. The van der Waals surface area contributed by atoms with Gasteiger partial charge in [-0.2, -0.15) is 0 Å². The number of hydrogen-bond donors (Lipinski definition) is 1. The molecule has 0 aliphatic rings. The Kier molecular flexibility index (Phi) is 3.46. The third-order valence-corrected chi connectivity index (χ3v) is 3.87. The van der Waals surface area contributed by atoms with Crippen molar-refractivity contribution < 1.29 is 4.39 Å². The average molecular weight is 257 g/mol. The van der Waals surface area contributed by atoms with Crippen molar-refractivity contribution in [2.45, 2.75) is 33.2 Å². The Morgan fingerprint density at radius 3 is 2.16 bits per heavy atom. The van der Waals surface area contributed by atoms with Crippen molar-refractivity contribution in [3.63, 3.8) is 0 Å². The van der Waals surface area contributed by atoms with E-state index in [1.165, 1.54) is 23.3 Å². The first kappa shape index (κ1) is 13.8. The molecular weight excluding hydrogens is 237 g/mol. The predicted octanol–water partition coefficient (Wildman–Crippen LogP) is 3.97. The molecular formula is C17H20FN. The molecule has 0 aliphatic carbocycles. The van der Waals surface area contributed by atoms with E-state index in [1.807, 2.05) is 19.9 Å². The fourth-order valence-electron chi connectivity index (χ4n) is 2.37. The Bertz CT molecular complexity index is 615. The molecule has 0 spiro atoms. The molecule has 0 aromatic heterocycles. The Morgan fingerprint density at radius 2 is 1.53 bits per heavy atom. The van der Waals surface area contributed by atoms with Crippen LogP contribution >= 0.6 is 0 Å². The summed E-state index contributed by atoms with van der Waals surface area (Å²) in [4.78, 5) is 0. The smallest absolute Gasteiger partial charge is 0.123 e. The first-order valence-corrected chi connectivity index (χ1v) is 6.45. The van der Waals surface area contributed by atoms with Gasteiger partial charge in [0.1, 0.15) is 5.82 Å². The van der Waals surface area contributed by atoms with Gasteiger partial charge in [0.15, 0.2) is 0 Å². The fourth-order valence-corrected chi connectivity index (χ4v) is 2.37. The summed E-state index contributed by atoms with van der Waals surface area (Å²) in [6, 6.07) is 10.9. The van der Waals surface area contributed by atoms with Crippen LogP contribution in [0.5, 0.6) is 0 Å². The zero-order chi connectivity index (χ0) is 14.2. The van der Waals surface area contributed by atoms with Crippen molar-refractivity contribution in [1.82, 2.24) is 0 Å². The molecule has 2 aromatic carbocycles. The van der Waals surface area contributed by atoms with Gasteiger partial charge in [-0.3, -0.25) is 0 Å². The summed E-state index contributed by atoms with van der Waals surface area (Å²) in [7, 11) is 0. The van der Waals surface area contributed by atoms with Gasteiger partial charge in [-0.15, -0.1) is 0 Å². The van der Waals surface area contributed by atoms with E-state index in [9.17, 15) is 4.39 Å². The van der Waals surface area contributed by atoms with Gasteiger partial charge >= 0.3 is 0 Å². The lowest BCUT2D eigenvalue weighted by Gasteiger charge is -2.28. The highest BCUT2D eigenvalue weighted by Gasteiger charge is 2.26. The second kappa shape index (κ2) is 4.78. The van der Waals surface area contributed by atoms with Crippen molar-refractivity contribution in [2.75, 3.05) is 0 Å². The maximum Gasteiger partial charge on any atom is 0.123 e. The lowest BCUT2D eigenvalue weighted by Crippen LogP contribution is -2.35. The van der Waals surface area contributed by atoms with E-state index >= 15 is 0 Å². The van der Waals surface area contributed by atoms with Crippen molar-refractivity contribution in [3.8, 4) is 0 Å². The highest BCUT2D eigenvalue weighted by atomic mass is 19.1. The van der Waals surface area contributed by atoms with Gasteiger partial charge in [0, 0.05) is 0 Å². The molecule has 0 saturated heterocycles. The molecule has 2 rings (SSSR count). The van der Waals surface area contributed by atoms with E-state index < -0.39 is 5.54 Å². The minimum Gasteiger partial charge on any atom is -0.318 e. The van der Waals surface area contributed by atoms with Crippen LogP contribution in [-0.4, -0.2) is 0 Å². The molecule has 2 N–H and O–H groups in total. The maximum atomic E-state index is 13.5. The molecule has 19 heavy (non-hydrogen) atoms. The van der Waals surface area contributed by atoms with Crippen LogP contribution in [-0.2, 0) is 5.54 Å². The molecule has 0 amide bonds. The molecule has 0 radical (unpaired) electrons. The molecule has 1 atom stereocenters. The van der Waals surface area contributed by atoms with Gasteiger partial charge in [0.25, 0.3) is 0 Å². The van der Waals surface area contributed by atoms with E-state index in [0.29, 0.717) is 0 Å². The highest BCUT2D eigenvalue weighted by Crippen LogP contribution is 2.30. The minimum atomic E-state index is -0.690. The first-order chi connectivity index (χ1) is 8.82. The predicted molar refractivity (Wildman–Crippen MR) is 77.7 cm³/mol. The summed E-state index contributed by atoms with van der Waals surface area (Å²) in [5, 5.41) is 0. The van der Waals surface area contributed by atoms with Crippen LogP contribution in [0.2, 0.25) is 0 Å². The Balaban J connectivity index is 2.57. The quantitative estimate of drug-likeness (QED) is 0.865. The second-order valence-corrected chi connectivity index (χ2v) is 5.46. The number of rotatable bonds is 2. The van der Waals surface area contributed by atoms with Gasteiger partial charge in [0.05, 0.1) is 5.54 Å². The molecule has 2 heteroatoms. The zero-order valence-corrected chi connectivity index (χ0v) is 11.9. The SMILES string of the molecule is Cc1ccc(C(C)(N)c2cc(F)ccc2C)cc1C. The van der Waals surface area contributed by atoms with Crippen LogP contribution in [0.4, 0.5) is 4.39 Å². The van der Waals surface area contributed by atoms with E-state index in [4.69, 9.17) is 5.73 Å². The van der Waals surface area contributed by atoms with E-state index in [1.54, 1.807) is 6.07 Å². The standard InChI is InChI=1S/C17H20FN/c1-11-5-7-14(9-13(11)3)17(4,19)16-10-15(18)8-6-12(16)2/h5-10H,19H2,1-4H3. The molecule has 100 valence electrons. The van der Waals surface area contributed by atoms with Gasteiger partial charge in [0.2, 0.25) is 0 Å². The van der Waals surface area contributed by atoms with Crippen molar-refractivity contribution in [2.24, 2.45) is 5.73 Å². The van der Waals surface area contributed by atoms with Gasteiger partial charge < -0.3 is 5.73 Å². The summed E-state index contributed by atoms with van der Waals surface area (Å²) >= 11 is 0. The van der Waals surface area contributed by atoms with Crippen LogP contribution < -0.4 is 5.73 Å². The molecule has 0 bridgehead atoms. The monoisotopic (exact) mass is 257 g/mol. The summed E-state index contributed by atoms with van der Waals surface area (Å²) in [5.41, 5.74) is 11.1. The maximum absolute atomic E-state index is 13.5. The summed E-state index contributed by atoms with van der Waals surface area (Å²) in [5.74, 6) is -0.249. The van der Waals surface area contributed by atoms with Gasteiger partial charge in [-0.05, 0) is 67.6 Å².